The van der Waals surface area contributed by atoms with Crippen LogP contribution in [0.2, 0.25) is 0 Å². The number of nitrogens with one attached hydrogen (secondary N) is 1. The number of hydrogen-bond acceptors (Lipinski definition) is 6. The number of carbonyl (C=O) groups is 4. The van der Waals surface area contributed by atoms with Crippen LogP contribution >= 0.6 is 11.8 Å². The van der Waals surface area contributed by atoms with E-state index in [0.717, 1.165) is 0 Å². The average molecular weight is 471 g/mol. The Kier molecular flexibility index (Phi) is 8.84. The summed E-state index contributed by atoms with van der Waals surface area (Å²) in [6.45, 7) is 10.2. The normalized spacial score (nSPS) is 22.7. The predicted molar refractivity (Wildman–Crippen MR) is 124 cm³/mol. The summed E-state index contributed by atoms with van der Waals surface area (Å²) < 4.78 is 5.49. The van der Waals surface area contributed by atoms with Gasteiger partial charge in [-0.05, 0) is 58.0 Å². The Bertz CT molecular complexity index is 724. The molecule has 2 saturated heterocycles. The van der Waals surface area contributed by atoms with Crippen molar-refractivity contribution in [2.45, 2.75) is 77.6 Å². The van der Waals surface area contributed by atoms with Crippen LogP contribution in [0.3, 0.4) is 0 Å². The second kappa shape index (κ2) is 10.8. The summed E-state index contributed by atoms with van der Waals surface area (Å²) in [5, 5.41) is 2.76. The quantitative estimate of drug-likeness (QED) is 0.528. The molecule has 182 valence electrons. The van der Waals surface area contributed by atoms with E-state index in [2.05, 4.69) is 5.32 Å². The molecule has 0 unspecified atom stereocenters. The topological polar surface area (TPSA) is 122 Å². The fraction of sp³-hybridized carbons (Fsp3) is 0.818. The average Bonchev–Trinajstić information content (AvgIpc) is 3.21. The first-order valence-corrected chi connectivity index (χ1v) is 12.6. The van der Waals surface area contributed by atoms with Gasteiger partial charge in [0.15, 0.2) is 0 Å². The highest BCUT2D eigenvalue weighted by Crippen LogP contribution is 2.35. The van der Waals surface area contributed by atoms with Crippen LogP contribution in [-0.2, 0) is 19.1 Å². The van der Waals surface area contributed by atoms with Crippen LogP contribution in [0.4, 0.5) is 4.79 Å². The van der Waals surface area contributed by atoms with E-state index in [1.807, 2.05) is 20.1 Å². The van der Waals surface area contributed by atoms with Gasteiger partial charge in [-0.1, -0.05) is 13.8 Å². The smallest absolute Gasteiger partial charge is 0.410 e. The first kappa shape index (κ1) is 26.3. The molecule has 2 rings (SSSR count). The lowest BCUT2D eigenvalue weighted by molar-refractivity contribution is -0.141. The number of nitrogens with two attached hydrogens (primary N) is 1. The zero-order chi connectivity index (χ0) is 24.2. The third kappa shape index (κ3) is 6.52. The number of thioether (sulfide) groups is 1. The molecule has 2 aliphatic rings. The van der Waals surface area contributed by atoms with Crippen molar-refractivity contribution < 1.29 is 23.9 Å². The van der Waals surface area contributed by atoms with Gasteiger partial charge in [0.25, 0.3) is 0 Å². The van der Waals surface area contributed by atoms with Crippen molar-refractivity contribution in [3.05, 3.63) is 0 Å². The summed E-state index contributed by atoms with van der Waals surface area (Å²) in [6.07, 6.45) is 2.98. The Morgan fingerprint density at radius 3 is 2.47 bits per heavy atom. The predicted octanol–water partition coefficient (Wildman–Crippen LogP) is 1.59. The number of likely N-dealkylation sites (tertiary alicyclic amines) is 2. The number of carbonyl (C=O) groups excluding carboxylic acids is 4. The van der Waals surface area contributed by atoms with E-state index in [0.29, 0.717) is 38.1 Å². The monoisotopic (exact) mass is 470 g/mol. The second-order valence-corrected chi connectivity index (χ2v) is 11.0. The van der Waals surface area contributed by atoms with Gasteiger partial charge < -0.3 is 20.7 Å². The molecule has 32 heavy (non-hydrogen) atoms. The van der Waals surface area contributed by atoms with Gasteiger partial charge in [-0.15, -0.1) is 0 Å². The summed E-state index contributed by atoms with van der Waals surface area (Å²) in [6, 6.07) is -2.11. The molecule has 0 aromatic heterocycles. The zero-order valence-corrected chi connectivity index (χ0v) is 20.9. The lowest BCUT2D eigenvalue weighted by atomic mass is 10.0. The molecule has 0 bridgehead atoms. The van der Waals surface area contributed by atoms with Gasteiger partial charge in [-0.25, -0.2) is 4.79 Å². The van der Waals surface area contributed by atoms with Crippen molar-refractivity contribution in [2.75, 3.05) is 25.1 Å². The van der Waals surface area contributed by atoms with Crippen LogP contribution in [0.5, 0.6) is 0 Å². The Balaban J connectivity index is 2.18. The highest BCUT2D eigenvalue weighted by Gasteiger charge is 2.52. The van der Waals surface area contributed by atoms with Crippen LogP contribution in [0, 0.1) is 11.8 Å². The van der Waals surface area contributed by atoms with Crippen LogP contribution in [0.1, 0.15) is 53.9 Å². The van der Waals surface area contributed by atoms with Gasteiger partial charge in [-0.3, -0.25) is 19.3 Å². The molecular weight excluding hydrogens is 432 g/mol. The van der Waals surface area contributed by atoms with Gasteiger partial charge in [0.2, 0.25) is 17.7 Å². The summed E-state index contributed by atoms with van der Waals surface area (Å²) in [5.41, 5.74) is 4.83. The summed E-state index contributed by atoms with van der Waals surface area (Å²) in [7, 11) is 0. The van der Waals surface area contributed by atoms with Crippen molar-refractivity contribution in [3.63, 3.8) is 0 Å². The molecule has 4 atom stereocenters. The summed E-state index contributed by atoms with van der Waals surface area (Å²) in [4.78, 5) is 54.1. The molecular formula is C22H38N4O5S. The maximum Gasteiger partial charge on any atom is 0.410 e. The zero-order valence-electron chi connectivity index (χ0n) is 20.1. The Labute approximate surface area is 195 Å². The molecule has 4 amide bonds. The molecule has 9 nitrogen and oxygen atoms in total. The van der Waals surface area contributed by atoms with E-state index in [9.17, 15) is 19.2 Å². The summed E-state index contributed by atoms with van der Waals surface area (Å²) in [5.74, 6) is -0.406. The molecule has 0 spiro atoms. The minimum atomic E-state index is -0.778. The third-order valence-electron chi connectivity index (χ3n) is 5.76. The van der Waals surface area contributed by atoms with Crippen molar-refractivity contribution in [2.24, 2.45) is 17.6 Å². The van der Waals surface area contributed by atoms with Gasteiger partial charge in [0.1, 0.15) is 23.7 Å². The fourth-order valence-corrected chi connectivity index (χ4v) is 4.78. The lowest BCUT2D eigenvalue weighted by Gasteiger charge is -2.32. The van der Waals surface area contributed by atoms with E-state index >= 15 is 0 Å². The Hall–Kier alpha value is -1.97. The highest BCUT2D eigenvalue weighted by atomic mass is 32.2. The molecule has 2 heterocycles. The van der Waals surface area contributed by atoms with E-state index in [1.165, 1.54) is 4.90 Å². The molecule has 0 aromatic rings. The van der Waals surface area contributed by atoms with Crippen LogP contribution < -0.4 is 11.1 Å². The standard InChI is InChI=1S/C22H38N4O5S/c1-13(2)11-16(19(28)24-15(18(23)27)8-10-32-6)26-12-14-7-9-25(17(14)20(26)29)21(30)31-22(3,4)5/h13-17H,7-12H2,1-6H3,(H2,23,27)(H,24,28)/t14-,15+,16+,17-/m1/s1. The van der Waals surface area contributed by atoms with Crippen molar-refractivity contribution in [1.29, 1.82) is 0 Å². The molecule has 2 aliphatic heterocycles. The second-order valence-electron chi connectivity index (χ2n) is 10.0. The van der Waals surface area contributed by atoms with Gasteiger partial charge >= 0.3 is 6.09 Å². The molecule has 0 radical (unpaired) electrons. The maximum absolute atomic E-state index is 13.4. The largest absolute Gasteiger partial charge is 0.444 e. The highest BCUT2D eigenvalue weighted by molar-refractivity contribution is 7.98. The Morgan fingerprint density at radius 1 is 1.28 bits per heavy atom. The maximum atomic E-state index is 13.4. The first-order chi connectivity index (χ1) is 14.9. The van der Waals surface area contributed by atoms with Gasteiger partial charge in [0.05, 0.1) is 0 Å². The number of hydrogen-bond donors (Lipinski definition) is 2. The third-order valence-corrected chi connectivity index (χ3v) is 6.41. The minimum absolute atomic E-state index is 0.0408. The Morgan fingerprint density at radius 2 is 1.94 bits per heavy atom. The first-order valence-electron chi connectivity index (χ1n) is 11.2. The number of rotatable bonds is 9. The van der Waals surface area contributed by atoms with Crippen molar-refractivity contribution >= 4 is 35.6 Å². The fourth-order valence-electron chi connectivity index (χ4n) is 4.31. The molecule has 0 saturated carbocycles. The van der Waals surface area contributed by atoms with Gasteiger partial charge in [-0.2, -0.15) is 11.8 Å². The minimum Gasteiger partial charge on any atom is -0.444 e. The molecule has 3 N–H and O–H groups in total. The number of primary amides is 1. The van der Waals surface area contributed by atoms with Crippen molar-refractivity contribution in [3.8, 4) is 0 Å². The van der Waals surface area contributed by atoms with Crippen LogP contribution in [0.25, 0.3) is 0 Å². The van der Waals surface area contributed by atoms with E-state index in [4.69, 9.17) is 10.5 Å². The number of ether oxygens (including phenoxy) is 1. The van der Waals surface area contributed by atoms with Crippen molar-refractivity contribution in [1.82, 2.24) is 15.1 Å². The molecule has 0 aliphatic carbocycles. The number of amides is 4. The molecule has 10 heteroatoms. The van der Waals surface area contributed by atoms with Gasteiger partial charge in [0, 0.05) is 19.0 Å². The number of nitrogens with zero attached hydrogens (tertiary/aromatic N) is 2. The molecule has 0 aromatic carbocycles. The lowest BCUT2D eigenvalue weighted by Crippen LogP contribution is -2.55. The van der Waals surface area contributed by atoms with E-state index in [1.54, 1.807) is 37.4 Å². The molecule has 2 fully saturated rings. The summed E-state index contributed by atoms with van der Waals surface area (Å²) >= 11 is 1.56. The van der Waals surface area contributed by atoms with E-state index in [-0.39, 0.29) is 23.7 Å². The van der Waals surface area contributed by atoms with E-state index < -0.39 is 35.7 Å². The number of fused-ring (bicyclic) bond motifs is 1. The van der Waals surface area contributed by atoms with Crippen LogP contribution in [0.15, 0.2) is 0 Å². The van der Waals surface area contributed by atoms with Crippen LogP contribution in [-0.4, -0.2) is 82.4 Å². The SMILES string of the molecule is CSCC[C@H](NC(=O)[C@H](CC(C)C)N1C[C@H]2CCN(C(=O)OC(C)(C)C)[C@H]2C1=O)C(N)=O.